The number of nitrogens with two attached hydrogens (primary N) is 1. The third-order valence-corrected chi connectivity index (χ3v) is 3.29. The summed E-state index contributed by atoms with van der Waals surface area (Å²) in [6.07, 6.45) is -0.728. The average molecular weight is 334 g/mol. The third kappa shape index (κ3) is 4.70. The number of anilines is 1. The van der Waals surface area contributed by atoms with E-state index >= 15 is 0 Å². The van der Waals surface area contributed by atoms with Crippen molar-refractivity contribution in [3.63, 3.8) is 0 Å². The molecule has 1 atom stereocenters. The Bertz CT molecular complexity index is 687. The summed E-state index contributed by atoms with van der Waals surface area (Å²) in [5.74, 6) is 4.80. The molecule has 2 amide bonds. The van der Waals surface area contributed by atoms with Crippen LogP contribution in [-0.2, 0) is 4.79 Å². The minimum Gasteiger partial charge on any atom is -0.481 e. The van der Waals surface area contributed by atoms with Gasteiger partial charge in [-0.25, -0.2) is 5.84 Å². The van der Waals surface area contributed by atoms with Gasteiger partial charge in [0.1, 0.15) is 5.75 Å². The number of hydrogen-bond acceptors (Lipinski definition) is 4. The molecule has 2 rings (SSSR count). The van der Waals surface area contributed by atoms with Crippen LogP contribution in [0, 0.1) is 0 Å². The number of amides is 2. The monoisotopic (exact) mass is 333 g/mol. The Balaban J connectivity index is 1.99. The van der Waals surface area contributed by atoms with E-state index in [9.17, 15) is 9.59 Å². The molecule has 0 aliphatic rings. The molecule has 2 aromatic rings. The molecule has 0 unspecified atom stereocenters. The summed E-state index contributed by atoms with van der Waals surface area (Å²) < 4.78 is 5.39. The number of carbonyl (C=O) groups is 2. The van der Waals surface area contributed by atoms with Crippen LogP contribution in [0.3, 0.4) is 0 Å². The second-order valence-corrected chi connectivity index (χ2v) is 5.19. The molecule has 7 heteroatoms. The average Bonchev–Trinajstić information content (AvgIpc) is 2.56. The van der Waals surface area contributed by atoms with Crippen LogP contribution < -0.4 is 21.3 Å². The molecule has 0 aliphatic heterocycles. The first-order chi connectivity index (χ1) is 11.0. The van der Waals surface area contributed by atoms with E-state index in [1.54, 1.807) is 55.5 Å². The lowest BCUT2D eigenvalue weighted by Gasteiger charge is -2.13. The number of halogens is 1. The van der Waals surface area contributed by atoms with Crippen molar-refractivity contribution in [1.29, 1.82) is 0 Å². The van der Waals surface area contributed by atoms with Crippen molar-refractivity contribution in [2.24, 2.45) is 5.84 Å². The fourth-order valence-corrected chi connectivity index (χ4v) is 1.92. The number of carbonyl (C=O) groups excluding carboxylic acids is 2. The van der Waals surface area contributed by atoms with Crippen LogP contribution in [0.4, 0.5) is 5.69 Å². The number of benzene rings is 2. The Hall–Kier alpha value is -2.57. The molecule has 120 valence electrons. The molecule has 0 bridgehead atoms. The zero-order valence-electron chi connectivity index (χ0n) is 12.4. The maximum atomic E-state index is 12.1. The predicted octanol–water partition coefficient (Wildman–Crippen LogP) is 2.35. The van der Waals surface area contributed by atoms with Crippen molar-refractivity contribution >= 4 is 29.1 Å². The second-order valence-electron chi connectivity index (χ2n) is 4.75. The van der Waals surface area contributed by atoms with Crippen LogP contribution in [0.25, 0.3) is 0 Å². The molecule has 4 N–H and O–H groups in total. The largest absolute Gasteiger partial charge is 0.481 e. The van der Waals surface area contributed by atoms with Crippen molar-refractivity contribution < 1.29 is 14.3 Å². The molecule has 0 saturated heterocycles. The predicted molar refractivity (Wildman–Crippen MR) is 88.3 cm³/mol. The molecule has 0 saturated carbocycles. The summed E-state index contributed by atoms with van der Waals surface area (Å²) in [6, 6.07) is 13.2. The van der Waals surface area contributed by atoms with Crippen molar-refractivity contribution in [2.75, 3.05) is 5.32 Å². The molecule has 0 fully saturated rings. The number of nitrogens with one attached hydrogen (secondary N) is 2. The maximum Gasteiger partial charge on any atom is 0.274 e. The Kier molecular flexibility index (Phi) is 5.56. The van der Waals surface area contributed by atoms with E-state index < -0.39 is 12.0 Å². The molecule has 0 aromatic heterocycles. The highest BCUT2D eigenvalue weighted by molar-refractivity contribution is 6.30. The van der Waals surface area contributed by atoms with E-state index in [0.717, 1.165) is 0 Å². The molecule has 0 heterocycles. The number of hydrazine groups is 1. The summed E-state index contributed by atoms with van der Waals surface area (Å²) in [5, 5.41) is 3.35. The minimum absolute atomic E-state index is 0.258. The lowest BCUT2D eigenvalue weighted by Crippen LogP contribution is -2.40. The van der Waals surface area contributed by atoms with Gasteiger partial charge in [-0.1, -0.05) is 11.6 Å². The Labute approximate surface area is 138 Å². The third-order valence-electron chi connectivity index (χ3n) is 3.04. The van der Waals surface area contributed by atoms with E-state index in [2.05, 4.69) is 5.32 Å². The van der Waals surface area contributed by atoms with Crippen molar-refractivity contribution in [2.45, 2.75) is 13.0 Å². The zero-order chi connectivity index (χ0) is 16.8. The van der Waals surface area contributed by atoms with Gasteiger partial charge >= 0.3 is 0 Å². The van der Waals surface area contributed by atoms with Gasteiger partial charge in [0, 0.05) is 16.3 Å². The molecule has 0 radical (unpaired) electrons. The second kappa shape index (κ2) is 7.62. The van der Waals surface area contributed by atoms with Gasteiger partial charge in [0.2, 0.25) is 0 Å². The molecule has 0 spiro atoms. The van der Waals surface area contributed by atoms with Gasteiger partial charge < -0.3 is 10.1 Å². The van der Waals surface area contributed by atoms with Crippen LogP contribution in [0.5, 0.6) is 5.75 Å². The van der Waals surface area contributed by atoms with Crippen LogP contribution >= 0.6 is 11.6 Å². The standard InChI is InChI=1S/C16H16ClN3O3/c1-10(15(21)20-18)23-14-8-2-11(3-9-14)16(22)19-13-6-4-12(17)5-7-13/h2-10H,18H2,1H3,(H,19,22)(H,20,21)/t10-/m0/s1. The van der Waals surface area contributed by atoms with Gasteiger partial charge in [-0.05, 0) is 55.5 Å². The summed E-state index contributed by atoms with van der Waals surface area (Å²) in [6.45, 7) is 1.57. The number of rotatable bonds is 5. The van der Waals surface area contributed by atoms with E-state index in [-0.39, 0.29) is 5.91 Å². The van der Waals surface area contributed by atoms with Gasteiger partial charge in [0.05, 0.1) is 0 Å². The Morgan fingerprint density at radius 3 is 2.26 bits per heavy atom. The maximum absolute atomic E-state index is 12.1. The minimum atomic E-state index is -0.728. The lowest BCUT2D eigenvalue weighted by molar-refractivity contribution is -0.127. The molecule has 23 heavy (non-hydrogen) atoms. The molecule has 0 aliphatic carbocycles. The van der Waals surface area contributed by atoms with E-state index in [1.807, 2.05) is 5.43 Å². The summed E-state index contributed by atoms with van der Waals surface area (Å²) in [5.41, 5.74) is 3.12. The van der Waals surface area contributed by atoms with Crippen LogP contribution in [-0.4, -0.2) is 17.9 Å². The first-order valence-electron chi connectivity index (χ1n) is 6.83. The quantitative estimate of drug-likeness (QED) is 0.445. The van der Waals surface area contributed by atoms with Crippen molar-refractivity contribution in [1.82, 2.24) is 5.43 Å². The normalized spacial score (nSPS) is 11.4. The van der Waals surface area contributed by atoms with E-state index in [0.29, 0.717) is 22.0 Å². The first kappa shape index (κ1) is 16.8. The van der Waals surface area contributed by atoms with Crippen molar-refractivity contribution in [3.05, 3.63) is 59.1 Å². The van der Waals surface area contributed by atoms with Crippen LogP contribution in [0.15, 0.2) is 48.5 Å². The topological polar surface area (TPSA) is 93.4 Å². The van der Waals surface area contributed by atoms with E-state index in [4.69, 9.17) is 22.2 Å². The van der Waals surface area contributed by atoms with E-state index in [1.165, 1.54) is 0 Å². The summed E-state index contributed by atoms with van der Waals surface area (Å²) >= 11 is 5.79. The Morgan fingerprint density at radius 1 is 1.09 bits per heavy atom. The zero-order valence-corrected chi connectivity index (χ0v) is 13.1. The summed E-state index contributed by atoms with van der Waals surface area (Å²) in [7, 11) is 0. The van der Waals surface area contributed by atoms with Gasteiger partial charge in [0.15, 0.2) is 6.10 Å². The fraction of sp³-hybridized carbons (Fsp3) is 0.125. The molecule has 6 nitrogen and oxygen atoms in total. The summed E-state index contributed by atoms with van der Waals surface area (Å²) in [4.78, 5) is 23.4. The number of hydrogen-bond donors (Lipinski definition) is 3. The number of ether oxygens (including phenoxy) is 1. The first-order valence-corrected chi connectivity index (χ1v) is 7.21. The van der Waals surface area contributed by atoms with Crippen LogP contribution in [0.1, 0.15) is 17.3 Å². The van der Waals surface area contributed by atoms with Gasteiger partial charge in [0.25, 0.3) is 11.8 Å². The highest BCUT2D eigenvalue weighted by Crippen LogP contribution is 2.17. The molecular weight excluding hydrogens is 318 g/mol. The fourth-order valence-electron chi connectivity index (χ4n) is 1.80. The highest BCUT2D eigenvalue weighted by Gasteiger charge is 2.13. The van der Waals surface area contributed by atoms with Gasteiger partial charge in [-0.15, -0.1) is 0 Å². The molecular formula is C16H16ClN3O3. The van der Waals surface area contributed by atoms with Crippen LogP contribution in [0.2, 0.25) is 5.02 Å². The Morgan fingerprint density at radius 2 is 1.70 bits per heavy atom. The van der Waals surface area contributed by atoms with Gasteiger partial charge in [-0.3, -0.25) is 15.0 Å². The lowest BCUT2D eigenvalue weighted by atomic mass is 10.2. The van der Waals surface area contributed by atoms with Gasteiger partial charge in [-0.2, -0.15) is 0 Å². The smallest absolute Gasteiger partial charge is 0.274 e. The highest BCUT2D eigenvalue weighted by atomic mass is 35.5. The SMILES string of the molecule is C[C@H](Oc1ccc(C(=O)Nc2ccc(Cl)cc2)cc1)C(=O)NN. The molecule has 2 aromatic carbocycles. The van der Waals surface area contributed by atoms with Crippen molar-refractivity contribution in [3.8, 4) is 5.75 Å².